The molecule has 2 aromatic heterocycles. The molecule has 0 amide bonds. The normalized spacial score (nSPS) is 14.0. The minimum Gasteiger partial charge on any atom is -0.355 e. The molecule has 6 heteroatoms. The van der Waals surface area contributed by atoms with Gasteiger partial charge < -0.3 is 4.90 Å². The summed E-state index contributed by atoms with van der Waals surface area (Å²) in [6.07, 6.45) is 11.4. The summed E-state index contributed by atoms with van der Waals surface area (Å²) in [7, 11) is 1.98. The lowest BCUT2D eigenvalue weighted by Crippen LogP contribution is -2.18. The van der Waals surface area contributed by atoms with Crippen molar-refractivity contribution in [1.82, 2.24) is 19.7 Å². The average Bonchev–Trinajstić information content (AvgIpc) is 3.21. The van der Waals surface area contributed by atoms with E-state index in [1.807, 2.05) is 24.3 Å². The zero-order chi connectivity index (χ0) is 14.8. The Morgan fingerprint density at radius 1 is 1.48 bits per heavy atom. The van der Waals surface area contributed by atoms with Crippen LogP contribution < -0.4 is 4.90 Å². The molecule has 1 saturated carbocycles. The van der Waals surface area contributed by atoms with Crippen LogP contribution in [-0.2, 0) is 13.1 Å². The highest BCUT2D eigenvalue weighted by Gasteiger charge is 2.27. The number of nitrogens with zero attached hydrogens (tertiary/aromatic N) is 5. The molecule has 0 radical (unpaired) electrons. The van der Waals surface area contributed by atoms with E-state index in [9.17, 15) is 0 Å². The van der Waals surface area contributed by atoms with Crippen molar-refractivity contribution in [3.05, 3.63) is 35.0 Å². The van der Waals surface area contributed by atoms with Crippen LogP contribution in [0.4, 0.5) is 5.82 Å². The van der Waals surface area contributed by atoms with Crippen molar-refractivity contribution in [2.45, 2.75) is 31.8 Å². The summed E-state index contributed by atoms with van der Waals surface area (Å²) in [6, 6.07) is 1.79. The monoisotopic (exact) mass is 301 g/mol. The Bertz CT molecular complexity index is 684. The molecular weight excluding hydrogens is 286 g/mol. The maximum absolute atomic E-state index is 6.10. The fourth-order valence-corrected chi connectivity index (χ4v) is 2.35. The predicted molar refractivity (Wildman–Crippen MR) is 82.2 cm³/mol. The van der Waals surface area contributed by atoms with Crippen molar-refractivity contribution in [2.75, 3.05) is 11.9 Å². The highest BCUT2D eigenvalue weighted by atomic mass is 35.5. The maximum Gasteiger partial charge on any atom is 0.135 e. The fraction of sp³-hybridized carbons (Fsp3) is 0.400. The Kier molecular flexibility index (Phi) is 3.80. The van der Waals surface area contributed by atoms with Crippen molar-refractivity contribution in [3.63, 3.8) is 0 Å². The molecule has 21 heavy (non-hydrogen) atoms. The smallest absolute Gasteiger partial charge is 0.135 e. The predicted octanol–water partition coefficient (Wildman–Crippen LogP) is 2.47. The van der Waals surface area contributed by atoms with Crippen LogP contribution >= 0.6 is 11.6 Å². The molecule has 0 aromatic carbocycles. The van der Waals surface area contributed by atoms with Crippen molar-refractivity contribution in [1.29, 1.82) is 0 Å². The molecule has 1 aliphatic carbocycles. The third-order valence-electron chi connectivity index (χ3n) is 3.39. The molecule has 0 N–H and O–H groups in total. The average molecular weight is 302 g/mol. The van der Waals surface area contributed by atoms with E-state index in [1.165, 1.54) is 0 Å². The van der Waals surface area contributed by atoms with Crippen molar-refractivity contribution < 1.29 is 0 Å². The zero-order valence-corrected chi connectivity index (χ0v) is 12.6. The number of halogens is 1. The Balaban J connectivity index is 1.75. The number of aromatic nitrogens is 4. The summed E-state index contributed by atoms with van der Waals surface area (Å²) in [5.74, 6) is 4.74. The van der Waals surface area contributed by atoms with E-state index in [0.717, 1.165) is 30.0 Å². The second kappa shape index (κ2) is 5.74. The van der Waals surface area contributed by atoms with Gasteiger partial charge in [-0.05, 0) is 12.8 Å². The number of terminal acetylenes is 1. The lowest BCUT2D eigenvalue weighted by molar-refractivity contribution is 0.714. The third-order valence-corrected chi connectivity index (χ3v) is 3.59. The van der Waals surface area contributed by atoms with Gasteiger partial charge >= 0.3 is 0 Å². The van der Waals surface area contributed by atoms with Gasteiger partial charge in [-0.3, -0.25) is 4.68 Å². The lowest BCUT2D eigenvalue weighted by Gasteiger charge is -2.18. The molecule has 108 valence electrons. The van der Waals surface area contributed by atoms with Crippen molar-refractivity contribution in [3.8, 4) is 12.3 Å². The summed E-state index contributed by atoms with van der Waals surface area (Å²) in [5.41, 5.74) is 1.08. The van der Waals surface area contributed by atoms with E-state index in [1.54, 1.807) is 10.7 Å². The molecule has 2 heterocycles. The summed E-state index contributed by atoms with van der Waals surface area (Å²) in [4.78, 5) is 10.9. The Labute approximate surface area is 129 Å². The van der Waals surface area contributed by atoms with Gasteiger partial charge in [0.1, 0.15) is 23.3 Å². The molecule has 0 saturated heterocycles. The van der Waals surface area contributed by atoms with Gasteiger partial charge in [0.15, 0.2) is 0 Å². The van der Waals surface area contributed by atoms with Gasteiger partial charge in [-0.1, -0.05) is 17.5 Å². The summed E-state index contributed by atoms with van der Waals surface area (Å²) in [5, 5.41) is 4.71. The van der Waals surface area contributed by atoms with Gasteiger partial charge in [-0.2, -0.15) is 5.10 Å². The SMILES string of the molecule is C#CCn1cc(CN(C)c2cc(Cl)nc(C3CC3)n2)cn1. The van der Waals surface area contributed by atoms with Crippen LogP contribution in [0.5, 0.6) is 0 Å². The van der Waals surface area contributed by atoms with E-state index in [2.05, 4.69) is 21.0 Å². The Hall–Kier alpha value is -2.06. The second-order valence-electron chi connectivity index (χ2n) is 5.29. The van der Waals surface area contributed by atoms with Crippen LogP contribution in [0.15, 0.2) is 18.5 Å². The topological polar surface area (TPSA) is 46.8 Å². The molecule has 0 aliphatic heterocycles. The molecule has 0 atom stereocenters. The molecule has 2 aromatic rings. The highest BCUT2D eigenvalue weighted by Crippen LogP contribution is 2.39. The molecule has 0 spiro atoms. The first-order valence-electron chi connectivity index (χ1n) is 6.86. The van der Waals surface area contributed by atoms with E-state index in [0.29, 0.717) is 24.2 Å². The van der Waals surface area contributed by atoms with Crippen LogP contribution in [0.3, 0.4) is 0 Å². The van der Waals surface area contributed by atoms with E-state index in [-0.39, 0.29) is 0 Å². The molecule has 5 nitrogen and oxygen atoms in total. The van der Waals surface area contributed by atoms with Crippen LogP contribution in [0, 0.1) is 12.3 Å². The van der Waals surface area contributed by atoms with Crippen molar-refractivity contribution in [2.24, 2.45) is 0 Å². The number of hydrogen-bond acceptors (Lipinski definition) is 4. The van der Waals surface area contributed by atoms with Crippen LogP contribution in [-0.4, -0.2) is 26.8 Å². The Morgan fingerprint density at radius 3 is 3.00 bits per heavy atom. The molecular formula is C15H16ClN5. The molecule has 0 bridgehead atoms. The molecule has 0 unspecified atom stereocenters. The van der Waals surface area contributed by atoms with E-state index < -0.39 is 0 Å². The van der Waals surface area contributed by atoms with Gasteiger partial charge in [0.2, 0.25) is 0 Å². The maximum atomic E-state index is 6.10. The largest absolute Gasteiger partial charge is 0.355 e. The quantitative estimate of drug-likeness (QED) is 0.629. The van der Waals surface area contributed by atoms with Gasteiger partial charge in [-0.15, -0.1) is 6.42 Å². The minimum absolute atomic E-state index is 0.481. The standard InChI is InChI=1S/C15H16ClN5/c1-3-6-21-10-11(8-17-21)9-20(2)14-7-13(16)18-15(19-14)12-4-5-12/h1,7-8,10,12H,4-6,9H2,2H3. The van der Waals surface area contributed by atoms with Gasteiger partial charge in [-0.25, -0.2) is 9.97 Å². The van der Waals surface area contributed by atoms with E-state index >= 15 is 0 Å². The number of anilines is 1. The van der Waals surface area contributed by atoms with Crippen LogP contribution in [0.1, 0.15) is 30.1 Å². The third kappa shape index (κ3) is 3.34. The summed E-state index contributed by atoms with van der Waals surface area (Å²) < 4.78 is 1.74. The zero-order valence-electron chi connectivity index (χ0n) is 11.8. The number of hydrogen-bond donors (Lipinski definition) is 0. The van der Waals surface area contributed by atoms with Gasteiger partial charge in [0, 0.05) is 37.3 Å². The first kappa shape index (κ1) is 13.9. The second-order valence-corrected chi connectivity index (χ2v) is 5.67. The summed E-state index contributed by atoms with van der Waals surface area (Å²) in [6.45, 7) is 1.18. The van der Waals surface area contributed by atoms with E-state index in [4.69, 9.17) is 18.0 Å². The van der Waals surface area contributed by atoms with Crippen LogP contribution in [0.25, 0.3) is 0 Å². The van der Waals surface area contributed by atoms with Crippen molar-refractivity contribution >= 4 is 17.4 Å². The first-order chi connectivity index (χ1) is 10.2. The highest BCUT2D eigenvalue weighted by molar-refractivity contribution is 6.29. The lowest BCUT2D eigenvalue weighted by atomic mass is 10.3. The van der Waals surface area contributed by atoms with Gasteiger partial charge in [0.25, 0.3) is 0 Å². The van der Waals surface area contributed by atoms with Crippen LogP contribution in [0.2, 0.25) is 5.15 Å². The molecule has 1 aliphatic rings. The summed E-state index contributed by atoms with van der Waals surface area (Å²) >= 11 is 6.10. The van der Waals surface area contributed by atoms with Gasteiger partial charge in [0.05, 0.1) is 6.20 Å². The molecule has 3 rings (SSSR count). The number of rotatable bonds is 5. The first-order valence-corrected chi connectivity index (χ1v) is 7.24. The fourth-order valence-electron chi connectivity index (χ4n) is 2.17. The molecule has 1 fully saturated rings. The minimum atomic E-state index is 0.481. The Morgan fingerprint density at radius 2 is 2.29 bits per heavy atom.